The van der Waals surface area contributed by atoms with Gasteiger partial charge < -0.3 is 10.8 Å². The molecule has 0 aliphatic carbocycles. The first kappa shape index (κ1) is 14.0. The Morgan fingerprint density at radius 2 is 1.88 bits per heavy atom. The summed E-state index contributed by atoms with van der Waals surface area (Å²) in [6.07, 6.45) is 0.980. The van der Waals surface area contributed by atoms with Crippen LogP contribution in [0.15, 0.2) is 12.1 Å². The summed E-state index contributed by atoms with van der Waals surface area (Å²) in [5.41, 5.74) is 8.83. The van der Waals surface area contributed by atoms with E-state index in [-0.39, 0.29) is 5.41 Å². The predicted molar refractivity (Wildman–Crippen MR) is 73.6 cm³/mol. The minimum atomic E-state index is -0.0344. The van der Waals surface area contributed by atoms with E-state index >= 15 is 0 Å². The number of nitrogens with two attached hydrogens (primary N) is 1. The summed E-state index contributed by atoms with van der Waals surface area (Å²) in [6.45, 7) is 11.2. The van der Waals surface area contributed by atoms with Gasteiger partial charge in [0.25, 0.3) is 0 Å². The van der Waals surface area contributed by atoms with Crippen LogP contribution in [0.1, 0.15) is 56.7 Å². The minimum Gasteiger partial charge on any atom is -0.507 e. The summed E-state index contributed by atoms with van der Waals surface area (Å²) in [6, 6.07) is 4.20. The molecule has 3 N–H and O–H groups in total. The average Bonchev–Trinajstić information content (AvgIpc) is 2.20. The van der Waals surface area contributed by atoms with Crippen LogP contribution in [0, 0.1) is 6.92 Å². The number of phenols is 1. The van der Waals surface area contributed by atoms with Crippen molar-refractivity contribution in [3.05, 3.63) is 28.8 Å². The molecule has 1 unspecified atom stereocenters. The topological polar surface area (TPSA) is 46.2 Å². The van der Waals surface area contributed by atoms with Gasteiger partial charge >= 0.3 is 0 Å². The Hall–Kier alpha value is -1.02. The molecule has 0 aliphatic rings. The number of aromatic hydroxyl groups is 1. The molecule has 0 saturated heterocycles. The maximum Gasteiger partial charge on any atom is 0.122 e. The predicted octanol–water partition coefficient (Wildman–Crippen LogP) is 3.45. The van der Waals surface area contributed by atoms with Gasteiger partial charge in [-0.1, -0.05) is 39.8 Å². The van der Waals surface area contributed by atoms with Crippen LogP contribution in [0.5, 0.6) is 5.75 Å². The van der Waals surface area contributed by atoms with Gasteiger partial charge in [0.05, 0.1) is 0 Å². The summed E-state index contributed by atoms with van der Waals surface area (Å²) in [5.74, 6) is 0.876. The minimum absolute atomic E-state index is 0.0344. The zero-order valence-electron chi connectivity index (χ0n) is 11.7. The Morgan fingerprint density at radius 3 is 2.35 bits per heavy atom. The Kier molecular flexibility index (Phi) is 4.21. The lowest BCUT2D eigenvalue weighted by atomic mass is 9.82. The maximum atomic E-state index is 10.1. The van der Waals surface area contributed by atoms with Crippen molar-refractivity contribution in [1.82, 2.24) is 0 Å². The van der Waals surface area contributed by atoms with E-state index in [0.717, 1.165) is 17.5 Å². The van der Waals surface area contributed by atoms with E-state index in [4.69, 9.17) is 5.73 Å². The van der Waals surface area contributed by atoms with Crippen molar-refractivity contribution in [1.29, 1.82) is 0 Å². The van der Waals surface area contributed by atoms with E-state index < -0.39 is 0 Å². The molecule has 0 aliphatic heterocycles. The van der Waals surface area contributed by atoms with E-state index in [2.05, 4.69) is 39.8 Å². The van der Waals surface area contributed by atoms with Gasteiger partial charge in [-0.15, -0.1) is 0 Å². The molecule has 1 atom stereocenters. The van der Waals surface area contributed by atoms with E-state index in [1.807, 2.05) is 6.92 Å². The van der Waals surface area contributed by atoms with E-state index in [9.17, 15) is 5.11 Å². The third-order valence-electron chi connectivity index (χ3n) is 3.30. The molecule has 0 aromatic heterocycles. The largest absolute Gasteiger partial charge is 0.507 e. The standard InChI is InChI=1S/C15H25NO/c1-10(6-7-16)12-8-11(2)14(17)13(9-12)15(3,4)5/h8-10,17H,6-7,16H2,1-5H3. The van der Waals surface area contributed by atoms with Crippen LogP contribution in [0.4, 0.5) is 0 Å². The van der Waals surface area contributed by atoms with E-state index in [1.165, 1.54) is 5.56 Å². The van der Waals surface area contributed by atoms with E-state index in [1.54, 1.807) is 0 Å². The van der Waals surface area contributed by atoms with Gasteiger partial charge in [-0.2, -0.15) is 0 Å². The molecule has 2 nitrogen and oxygen atoms in total. The quantitative estimate of drug-likeness (QED) is 0.843. The van der Waals surface area contributed by atoms with Crippen molar-refractivity contribution in [2.24, 2.45) is 5.73 Å². The fraction of sp³-hybridized carbons (Fsp3) is 0.600. The van der Waals surface area contributed by atoms with Crippen molar-refractivity contribution in [2.75, 3.05) is 6.54 Å². The highest BCUT2D eigenvalue weighted by Crippen LogP contribution is 2.36. The fourth-order valence-corrected chi connectivity index (χ4v) is 2.08. The summed E-state index contributed by atoms with van der Waals surface area (Å²) in [5, 5.41) is 10.1. The lowest BCUT2D eigenvalue weighted by Gasteiger charge is -2.24. The van der Waals surface area contributed by atoms with Crippen molar-refractivity contribution in [3.8, 4) is 5.75 Å². The number of rotatable bonds is 3. The molecule has 1 rings (SSSR count). The second kappa shape index (κ2) is 5.09. The molecule has 96 valence electrons. The zero-order chi connectivity index (χ0) is 13.2. The molecule has 2 heteroatoms. The van der Waals surface area contributed by atoms with Gasteiger partial charge in [-0.25, -0.2) is 0 Å². The molecular weight excluding hydrogens is 210 g/mol. The molecule has 0 bridgehead atoms. The molecule has 0 fully saturated rings. The molecule has 17 heavy (non-hydrogen) atoms. The highest BCUT2D eigenvalue weighted by Gasteiger charge is 2.21. The van der Waals surface area contributed by atoms with Gasteiger partial charge in [0.1, 0.15) is 5.75 Å². The SMILES string of the molecule is Cc1cc(C(C)CCN)cc(C(C)(C)C)c1O. The number of aryl methyl sites for hydroxylation is 1. The van der Waals surface area contributed by atoms with Crippen molar-refractivity contribution >= 4 is 0 Å². The molecule has 1 aromatic rings. The molecule has 0 saturated carbocycles. The highest BCUT2D eigenvalue weighted by atomic mass is 16.3. The Bertz CT molecular complexity index is 391. The van der Waals surface area contributed by atoms with Crippen LogP contribution in [0.2, 0.25) is 0 Å². The number of benzene rings is 1. The molecule has 0 radical (unpaired) electrons. The fourth-order valence-electron chi connectivity index (χ4n) is 2.08. The van der Waals surface area contributed by atoms with Crippen molar-refractivity contribution < 1.29 is 5.11 Å². The van der Waals surface area contributed by atoms with Gasteiger partial charge in [-0.05, 0) is 47.9 Å². The second-order valence-corrected chi connectivity index (χ2v) is 5.96. The van der Waals surface area contributed by atoms with Crippen LogP contribution in [0.3, 0.4) is 0 Å². The first-order chi connectivity index (χ1) is 7.77. The summed E-state index contributed by atoms with van der Waals surface area (Å²) in [7, 11) is 0. The summed E-state index contributed by atoms with van der Waals surface area (Å²) < 4.78 is 0. The van der Waals surface area contributed by atoms with E-state index in [0.29, 0.717) is 18.2 Å². The molecule has 0 spiro atoms. The van der Waals surface area contributed by atoms with Crippen LogP contribution >= 0.6 is 0 Å². The monoisotopic (exact) mass is 235 g/mol. The number of hydrogen-bond donors (Lipinski definition) is 2. The summed E-state index contributed by atoms with van der Waals surface area (Å²) in [4.78, 5) is 0. The molecule has 0 heterocycles. The van der Waals surface area contributed by atoms with Gasteiger partial charge in [-0.3, -0.25) is 0 Å². The highest BCUT2D eigenvalue weighted by molar-refractivity contribution is 5.47. The lowest BCUT2D eigenvalue weighted by molar-refractivity contribution is 0.442. The lowest BCUT2D eigenvalue weighted by Crippen LogP contribution is -2.13. The third kappa shape index (κ3) is 3.22. The first-order valence-electron chi connectivity index (χ1n) is 6.31. The Morgan fingerprint density at radius 1 is 1.29 bits per heavy atom. The molecule has 1 aromatic carbocycles. The summed E-state index contributed by atoms with van der Waals surface area (Å²) >= 11 is 0. The average molecular weight is 235 g/mol. The Labute approximate surface area is 105 Å². The van der Waals surface area contributed by atoms with Gasteiger partial charge in [0.15, 0.2) is 0 Å². The normalized spacial score (nSPS) is 13.8. The van der Waals surface area contributed by atoms with Gasteiger partial charge in [0, 0.05) is 0 Å². The van der Waals surface area contributed by atoms with Crippen LogP contribution in [-0.2, 0) is 5.41 Å². The van der Waals surface area contributed by atoms with Crippen molar-refractivity contribution in [3.63, 3.8) is 0 Å². The molecule has 0 amide bonds. The van der Waals surface area contributed by atoms with Gasteiger partial charge in [0.2, 0.25) is 0 Å². The van der Waals surface area contributed by atoms with Crippen LogP contribution in [-0.4, -0.2) is 11.7 Å². The van der Waals surface area contributed by atoms with Crippen LogP contribution < -0.4 is 5.73 Å². The second-order valence-electron chi connectivity index (χ2n) is 5.96. The maximum absolute atomic E-state index is 10.1. The Balaban J connectivity index is 3.24. The smallest absolute Gasteiger partial charge is 0.122 e. The van der Waals surface area contributed by atoms with Crippen LogP contribution in [0.25, 0.3) is 0 Å². The number of hydrogen-bond acceptors (Lipinski definition) is 2. The number of phenolic OH excluding ortho intramolecular Hbond substituents is 1. The molecular formula is C15H25NO. The zero-order valence-corrected chi connectivity index (χ0v) is 11.7. The van der Waals surface area contributed by atoms with Crippen molar-refractivity contribution in [2.45, 2.75) is 52.4 Å². The first-order valence-corrected chi connectivity index (χ1v) is 6.31. The third-order valence-corrected chi connectivity index (χ3v) is 3.30.